The highest BCUT2D eigenvalue weighted by atomic mass is 32.2. The molecule has 3 N–H and O–H groups in total. The van der Waals surface area contributed by atoms with Crippen molar-refractivity contribution in [3.8, 4) is 0 Å². The lowest BCUT2D eigenvalue weighted by atomic mass is 10.1. The molecule has 2 aromatic carbocycles. The number of rotatable bonds is 11. The molecule has 8 nitrogen and oxygen atoms in total. The Morgan fingerprint density at radius 2 is 1.67 bits per heavy atom. The highest BCUT2D eigenvalue weighted by Gasteiger charge is 2.24. The lowest BCUT2D eigenvalue weighted by Gasteiger charge is -2.32. The van der Waals surface area contributed by atoms with Crippen LogP contribution in [0, 0.1) is 5.82 Å². The number of sulfonamides is 1. The topological polar surface area (TPSA) is 99.3 Å². The monoisotopic (exact) mass is 530 g/mol. The number of likely N-dealkylation sites (tertiary alicyclic amines) is 1. The zero-order valence-corrected chi connectivity index (χ0v) is 21.8. The third-order valence-corrected chi connectivity index (χ3v) is 8.27. The zero-order chi connectivity index (χ0) is 25.4. The van der Waals surface area contributed by atoms with E-state index < -0.39 is 10.0 Å². The van der Waals surface area contributed by atoms with Gasteiger partial charge in [0.05, 0.1) is 4.90 Å². The van der Waals surface area contributed by atoms with Crippen molar-refractivity contribution in [1.82, 2.24) is 19.6 Å². The van der Waals surface area contributed by atoms with Crippen molar-refractivity contribution in [1.29, 1.82) is 0 Å². The fraction of sp³-hybridized carbons (Fsp3) is 0.360. The number of nitrogens with one attached hydrogen (secondary N) is 3. The van der Waals surface area contributed by atoms with Gasteiger partial charge in [0.15, 0.2) is 0 Å². The number of halogens is 1. The Labute approximate surface area is 216 Å². The molecule has 11 heteroatoms. The second-order valence-electron chi connectivity index (χ2n) is 8.48. The molecule has 0 radical (unpaired) electrons. The minimum absolute atomic E-state index is 0.0485. The number of thioether (sulfide) groups is 1. The van der Waals surface area contributed by atoms with Crippen LogP contribution in [0.4, 0.5) is 27.5 Å². The van der Waals surface area contributed by atoms with Gasteiger partial charge in [0.1, 0.15) is 11.6 Å². The predicted molar refractivity (Wildman–Crippen MR) is 144 cm³/mol. The van der Waals surface area contributed by atoms with E-state index in [0.29, 0.717) is 23.1 Å². The molecule has 0 bridgehead atoms. The van der Waals surface area contributed by atoms with Gasteiger partial charge in [-0.2, -0.15) is 16.7 Å². The molecule has 1 fully saturated rings. The van der Waals surface area contributed by atoms with Gasteiger partial charge < -0.3 is 15.5 Å². The zero-order valence-electron chi connectivity index (χ0n) is 20.2. The summed E-state index contributed by atoms with van der Waals surface area (Å²) in [5, 5.41) is 6.17. The SMILES string of the molecule is CCSCCN1CCC(NS(=O)(=O)c2ccc(Nc3nccc(Nc4ccc(F)cc4)n3)cc2)CC1. The summed E-state index contributed by atoms with van der Waals surface area (Å²) in [7, 11) is -3.60. The van der Waals surface area contributed by atoms with E-state index in [0.717, 1.165) is 44.0 Å². The maximum absolute atomic E-state index is 13.1. The summed E-state index contributed by atoms with van der Waals surface area (Å²) in [6.07, 6.45) is 3.22. The second-order valence-corrected chi connectivity index (χ2v) is 11.6. The Morgan fingerprint density at radius 1 is 1.00 bits per heavy atom. The van der Waals surface area contributed by atoms with Gasteiger partial charge in [0.2, 0.25) is 16.0 Å². The van der Waals surface area contributed by atoms with Gasteiger partial charge in [-0.15, -0.1) is 0 Å². The molecule has 1 saturated heterocycles. The Kier molecular flexibility index (Phi) is 9.13. The standard InChI is InChI=1S/C25H31FN6O2S2/c1-2-35-18-17-32-15-12-22(13-16-32)31-36(33,34)23-9-7-21(8-10-23)29-25-27-14-11-24(30-25)28-20-5-3-19(26)4-6-20/h3-11,14,22,31H,2,12-13,15-18H2,1H3,(H2,27,28,29,30). The van der Waals surface area contributed by atoms with Gasteiger partial charge in [0.25, 0.3) is 0 Å². The van der Waals surface area contributed by atoms with E-state index >= 15 is 0 Å². The van der Waals surface area contributed by atoms with Crippen LogP contribution in [0.3, 0.4) is 0 Å². The van der Waals surface area contributed by atoms with Gasteiger partial charge >= 0.3 is 0 Å². The maximum Gasteiger partial charge on any atom is 0.240 e. The van der Waals surface area contributed by atoms with Crippen LogP contribution in [-0.2, 0) is 10.0 Å². The Morgan fingerprint density at radius 3 is 2.36 bits per heavy atom. The molecule has 0 unspecified atom stereocenters. The van der Waals surface area contributed by atoms with Crippen molar-refractivity contribution in [2.24, 2.45) is 0 Å². The summed E-state index contributed by atoms with van der Waals surface area (Å²) in [6, 6.07) is 14.1. The minimum atomic E-state index is -3.60. The third-order valence-electron chi connectivity index (χ3n) is 5.86. The van der Waals surface area contributed by atoms with Crippen molar-refractivity contribution in [3.05, 3.63) is 66.6 Å². The summed E-state index contributed by atoms with van der Waals surface area (Å²) in [5.41, 5.74) is 1.36. The van der Waals surface area contributed by atoms with E-state index in [2.05, 4.69) is 37.1 Å². The molecule has 1 aromatic heterocycles. The van der Waals surface area contributed by atoms with Gasteiger partial charge in [-0.3, -0.25) is 0 Å². The highest BCUT2D eigenvalue weighted by molar-refractivity contribution is 7.99. The highest BCUT2D eigenvalue weighted by Crippen LogP contribution is 2.21. The molecule has 3 aromatic rings. The Hall–Kier alpha value is -2.73. The van der Waals surface area contributed by atoms with E-state index in [-0.39, 0.29) is 16.8 Å². The summed E-state index contributed by atoms with van der Waals surface area (Å²) in [6.45, 7) is 5.04. The number of anilines is 4. The first-order valence-electron chi connectivity index (χ1n) is 12.0. The number of piperidine rings is 1. The van der Waals surface area contributed by atoms with Gasteiger partial charge in [0, 0.05) is 35.9 Å². The van der Waals surface area contributed by atoms with Crippen LogP contribution in [0.5, 0.6) is 0 Å². The van der Waals surface area contributed by atoms with Crippen LogP contribution >= 0.6 is 11.8 Å². The van der Waals surface area contributed by atoms with Crippen molar-refractivity contribution < 1.29 is 12.8 Å². The largest absolute Gasteiger partial charge is 0.340 e. The van der Waals surface area contributed by atoms with Crippen LogP contribution in [0.2, 0.25) is 0 Å². The van der Waals surface area contributed by atoms with Crippen LogP contribution in [0.1, 0.15) is 19.8 Å². The molecule has 2 heterocycles. The first-order valence-corrected chi connectivity index (χ1v) is 14.6. The summed E-state index contributed by atoms with van der Waals surface area (Å²) < 4.78 is 41.8. The maximum atomic E-state index is 13.1. The lowest BCUT2D eigenvalue weighted by molar-refractivity contribution is 0.218. The summed E-state index contributed by atoms with van der Waals surface area (Å²) >= 11 is 1.93. The van der Waals surface area contributed by atoms with Crippen molar-refractivity contribution in [2.75, 3.05) is 41.8 Å². The number of nitrogens with zero attached hydrogens (tertiary/aromatic N) is 3. The number of hydrogen-bond acceptors (Lipinski definition) is 8. The Bertz CT molecular complexity index is 1220. The van der Waals surface area contributed by atoms with E-state index in [1.807, 2.05) is 11.8 Å². The fourth-order valence-corrected chi connectivity index (χ4v) is 5.90. The second kappa shape index (κ2) is 12.5. The summed E-state index contributed by atoms with van der Waals surface area (Å²) in [4.78, 5) is 11.2. The molecule has 0 atom stereocenters. The quantitative estimate of drug-likeness (QED) is 0.310. The smallest absolute Gasteiger partial charge is 0.240 e. The molecule has 36 heavy (non-hydrogen) atoms. The molecule has 192 valence electrons. The molecule has 0 spiro atoms. The lowest BCUT2D eigenvalue weighted by Crippen LogP contribution is -2.45. The molecule has 1 aliphatic heterocycles. The molecule has 0 aliphatic carbocycles. The van der Waals surface area contributed by atoms with Crippen LogP contribution < -0.4 is 15.4 Å². The normalized spacial score (nSPS) is 15.1. The average Bonchev–Trinajstić information content (AvgIpc) is 2.87. The molecule has 1 aliphatic rings. The predicted octanol–water partition coefficient (Wildman–Crippen LogP) is 4.60. The number of benzene rings is 2. The average molecular weight is 531 g/mol. The number of aromatic nitrogens is 2. The van der Waals surface area contributed by atoms with E-state index in [4.69, 9.17) is 0 Å². The van der Waals surface area contributed by atoms with E-state index in [9.17, 15) is 12.8 Å². The van der Waals surface area contributed by atoms with E-state index in [1.54, 1.807) is 48.7 Å². The minimum Gasteiger partial charge on any atom is -0.340 e. The van der Waals surface area contributed by atoms with Crippen molar-refractivity contribution in [2.45, 2.75) is 30.7 Å². The molecule has 4 rings (SSSR count). The van der Waals surface area contributed by atoms with Gasteiger partial charge in [-0.1, -0.05) is 6.92 Å². The molecular weight excluding hydrogens is 499 g/mol. The van der Waals surface area contributed by atoms with Gasteiger partial charge in [-0.05, 0) is 86.3 Å². The fourth-order valence-electron chi connectivity index (χ4n) is 3.92. The molecule has 0 saturated carbocycles. The first kappa shape index (κ1) is 26.3. The van der Waals surface area contributed by atoms with Crippen LogP contribution in [-0.4, -0.2) is 60.5 Å². The van der Waals surface area contributed by atoms with Crippen molar-refractivity contribution in [3.63, 3.8) is 0 Å². The summed E-state index contributed by atoms with van der Waals surface area (Å²) in [5.74, 6) is 2.82. The third kappa shape index (κ3) is 7.63. The molecular formula is C25H31FN6O2S2. The molecule has 0 amide bonds. The number of hydrogen-bond donors (Lipinski definition) is 3. The van der Waals surface area contributed by atoms with Gasteiger partial charge in [-0.25, -0.2) is 22.5 Å². The first-order chi connectivity index (χ1) is 17.4. The van der Waals surface area contributed by atoms with Crippen LogP contribution in [0.15, 0.2) is 65.7 Å². The van der Waals surface area contributed by atoms with Crippen LogP contribution in [0.25, 0.3) is 0 Å². The van der Waals surface area contributed by atoms with Crippen molar-refractivity contribution >= 4 is 44.9 Å². The van der Waals surface area contributed by atoms with E-state index in [1.165, 1.54) is 12.1 Å². The Balaban J connectivity index is 1.31.